The fraction of sp³-hybridized carbons (Fsp3) is 0.500. The quantitative estimate of drug-likeness (QED) is 0.760. The zero-order valence-electron chi connectivity index (χ0n) is 11.8. The van der Waals surface area contributed by atoms with Crippen molar-refractivity contribution >= 4 is 11.6 Å². The first-order valence-corrected chi connectivity index (χ1v) is 6.63. The summed E-state index contributed by atoms with van der Waals surface area (Å²) < 4.78 is 43.6. The number of carbonyl (C=O) groups is 1. The molecule has 0 heterocycles. The van der Waals surface area contributed by atoms with E-state index in [1.54, 1.807) is 0 Å². The summed E-state index contributed by atoms with van der Waals surface area (Å²) in [5.41, 5.74) is 4.15. The fourth-order valence-electron chi connectivity index (χ4n) is 1.81. The van der Waals surface area contributed by atoms with E-state index in [1.165, 1.54) is 19.2 Å². The van der Waals surface area contributed by atoms with Crippen LogP contribution in [0.25, 0.3) is 0 Å². The van der Waals surface area contributed by atoms with Gasteiger partial charge in [-0.2, -0.15) is 13.2 Å². The van der Waals surface area contributed by atoms with Crippen molar-refractivity contribution in [2.24, 2.45) is 5.73 Å². The maximum atomic E-state index is 12.9. The standard InChI is InChI=1S/C14H19F3N2O2/c1-21-10-6-7-12(11(9-10)14(15,16)17)19-13(20)5-3-2-4-8-18/h6-7,9H,2-5,8,18H2,1H3,(H,19,20). The third-order valence-corrected chi connectivity index (χ3v) is 2.91. The van der Waals surface area contributed by atoms with Crippen molar-refractivity contribution in [3.05, 3.63) is 23.8 Å². The summed E-state index contributed by atoms with van der Waals surface area (Å²) in [6, 6.07) is 3.43. The highest BCUT2D eigenvalue weighted by Gasteiger charge is 2.34. The molecule has 0 bridgehead atoms. The van der Waals surface area contributed by atoms with E-state index in [1.807, 2.05) is 0 Å². The lowest BCUT2D eigenvalue weighted by molar-refractivity contribution is -0.137. The third kappa shape index (κ3) is 5.63. The number of alkyl halides is 3. The average molecular weight is 304 g/mol. The van der Waals surface area contributed by atoms with E-state index in [0.717, 1.165) is 18.9 Å². The molecule has 0 aliphatic heterocycles. The number of nitrogens with two attached hydrogens (primary N) is 1. The molecule has 118 valence electrons. The zero-order chi connectivity index (χ0) is 15.9. The number of benzene rings is 1. The predicted molar refractivity (Wildman–Crippen MR) is 74.1 cm³/mol. The van der Waals surface area contributed by atoms with Gasteiger partial charge in [-0.3, -0.25) is 4.79 Å². The number of amides is 1. The van der Waals surface area contributed by atoms with Crippen molar-refractivity contribution in [1.82, 2.24) is 0 Å². The largest absolute Gasteiger partial charge is 0.497 e. The summed E-state index contributed by atoms with van der Waals surface area (Å²) >= 11 is 0. The Hall–Kier alpha value is -1.76. The van der Waals surface area contributed by atoms with Gasteiger partial charge in [-0.25, -0.2) is 0 Å². The first-order valence-electron chi connectivity index (χ1n) is 6.63. The molecule has 0 aromatic heterocycles. The van der Waals surface area contributed by atoms with Crippen molar-refractivity contribution < 1.29 is 22.7 Å². The van der Waals surface area contributed by atoms with E-state index in [9.17, 15) is 18.0 Å². The summed E-state index contributed by atoms with van der Waals surface area (Å²) in [7, 11) is 1.28. The number of carbonyl (C=O) groups excluding carboxylic acids is 1. The Kier molecular flexibility index (Phi) is 6.48. The van der Waals surface area contributed by atoms with Crippen LogP contribution in [0, 0.1) is 0 Å². The Morgan fingerprint density at radius 3 is 2.57 bits per heavy atom. The molecular weight excluding hydrogens is 285 g/mol. The molecule has 21 heavy (non-hydrogen) atoms. The first kappa shape index (κ1) is 17.3. The van der Waals surface area contributed by atoms with Crippen LogP contribution in [0.15, 0.2) is 18.2 Å². The maximum absolute atomic E-state index is 12.9. The number of hydrogen-bond donors (Lipinski definition) is 2. The zero-order valence-corrected chi connectivity index (χ0v) is 11.8. The Morgan fingerprint density at radius 2 is 2.00 bits per heavy atom. The summed E-state index contributed by atoms with van der Waals surface area (Å²) in [5, 5.41) is 2.30. The Bertz CT molecular complexity index is 476. The monoisotopic (exact) mass is 304 g/mol. The van der Waals surface area contributed by atoms with Gasteiger partial charge in [0, 0.05) is 6.42 Å². The number of nitrogens with one attached hydrogen (secondary N) is 1. The minimum atomic E-state index is -4.56. The molecule has 0 saturated carbocycles. The van der Waals surface area contributed by atoms with Gasteiger partial charge in [0.1, 0.15) is 5.75 Å². The van der Waals surface area contributed by atoms with Gasteiger partial charge in [-0.1, -0.05) is 6.42 Å². The van der Waals surface area contributed by atoms with Crippen LogP contribution in [-0.2, 0) is 11.0 Å². The molecule has 7 heteroatoms. The molecule has 1 aromatic carbocycles. The summed E-state index contributed by atoms with van der Waals surface area (Å²) in [6.45, 7) is 0.540. The van der Waals surface area contributed by atoms with Crippen LogP contribution < -0.4 is 15.8 Å². The number of ether oxygens (including phenoxy) is 1. The van der Waals surface area contributed by atoms with Gasteiger partial charge in [-0.05, 0) is 37.6 Å². The highest BCUT2D eigenvalue weighted by atomic mass is 19.4. The average Bonchev–Trinajstić information content (AvgIpc) is 2.43. The van der Waals surface area contributed by atoms with Crippen molar-refractivity contribution in [2.45, 2.75) is 31.9 Å². The van der Waals surface area contributed by atoms with E-state index in [-0.39, 0.29) is 17.9 Å². The van der Waals surface area contributed by atoms with Crippen LogP contribution in [0.3, 0.4) is 0 Å². The minimum Gasteiger partial charge on any atom is -0.497 e. The molecule has 0 atom stereocenters. The second-order valence-electron chi connectivity index (χ2n) is 4.56. The Labute approximate surface area is 121 Å². The molecule has 0 spiro atoms. The first-order chi connectivity index (χ1) is 9.88. The number of methoxy groups -OCH3 is 1. The molecule has 0 saturated heterocycles. The lowest BCUT2D eigenvalue weighted by Crippen LogP contribution is -2.16. The predicted octanol–water partition coefficient (Wildman–Crippen LogP) is 3.17. The second-order valence-corrected chi connectivity index (χ2v) is 4.56. The molecule has 0 radical (unpaired) electrons. The number of halogens is 3. The van der Waals surface area contributed by atoms with Crippen LogP contribution in [0.2, 0.25) is 0 Å². The van der Waals surface area contributed by atoms with Crippen LogP contribution in [0.5, 0.6) is 5.75 Å². The molecule has 0 unspecified atom stereocenters. The lowest BCUT2D eigenvalue weighted by Gasteiger charge is -2.15. The van der Waals surface area contributed by atoms with E-state index >= 15 is 0 Å². The van der Waals surface area contributed by atoms with Gasteiger partial charge in [-0.15, -0.1) is 0 Å². The van der Waals surface area contributed by atoms with Gasteiger partial charge < -0.3 is 15.8 Å². The number of unbranched alkanes of at least 4 members (excludes halogenated alkanes) is 2. The van der Waals surface area contributed by atoms with Gasteiger partial charge in [0.05, 0.1) is 18.4 Å². The highest BCUT2D eigenvalue weighted by molar-refractivity contribution is 5.91. The van der Waals surface area contributed by atoms with E-state index < -0.39 is 17.6 Å². The van der Waals surface area contributed by atoms with Gasteiger partial charge >= 0.3 is 6.18 Å². The van der Waals surface area contributed by atoms with Gasteiger partial charge in [0.2, 0.25) is 5.91 Å². The van der Waals surface area contributed by atoms with Gasteiger partial charge in [0.25, 0.3) is 0 Å². The molecule has 1 aromatic rings. The van der Waals surface area contributed by atoms with Crippen molar-refractivity contribution in [2.75, 3.05) is 19.0 Å². The van der Waals surface area contributed by atoms with Crippen LogP contribution in [0.4, 0.5) is 18.9 Å². The third-order valence-electron chi connectivity index (χ3n) is 2.91. The Balaban J connectivity index is 2.76. The van der Waals surface area contributed by atoms with E-state index in [2.05, 4.69) is 5.32 Å². The lowest BCUT2D eigenvalue weighted by atomic mass is 10.1. The number of anilines is 1. The molecule has 3 N–H and O–H groups in total. The van der Waals surface area contributed by atoms with Crippen molar-refractivity contribution in [3.63, 3.8) is 0 Å². The molecule has 1 amide bonds. The summed E-state index contributed by atoms with van der Waals surface area (Å²) in [4.78, 5) is 11.7. The van der Waals surface area contributed by atoms with Crippen LogP contribution >= 0.6 is 0 Å². The van der Waals surface area contributed by atoms with Crippen molar-refractivity contribution in [1.29, 1.82) is 0 Å². The fourth-order valence-corrected chi connectivity index (χ4v) is 1.81. The topological polar surface area (TPSA) is 64.3 Å². The van der Waals surface area contributed by atoms with E-state index in [4.69, 9.17) is 10.5 Å². The SMILES string of the molecule is COc1ccc(NC(=O)CCCCCN)c(C(F)(F)F)c1. The molecule has 4 nitrogen and oxygen atoms in total. The van der Waals surface area contributed by atoms with Crippen LogP contribution in [0.1, 0.15) is 31.2 Å². The van der Waals surface area contributed by atoms with Crippen molar-refractivity contribution in [3.8, 4) is 5.75 Å². The van der Waals surface area contributed by atoms with E-state index in [0.29, 0.717) is 13.0 Å². The normalized spacial score (nSPS) is 11.3. The Morgan fingerprint density at radius 1 is 1.29 bits per heavy atom. The van der Waals surface area contributed by atoms with Gasteiger partial charge in [0.15, 0.2) is 0 Å². The highest BCUT2D eigenvalue weighted by Crippen LogP contribution is 2.37. The number of hydrogen-bond acceptors (Lipinski definition) is 3. The maximum Gasteiger partial charge on any atom is 0.418 e. The molecule has 0 aliphatic rings. The smallest absolute Gasteiger partial charge is 0.418 e. The number of rotatable bonds is 7. The molecule has 1 rings (SSSR count). The molecule has 0 aliphatic carbocycles. The summed E-state index contributed by atoms with van der Waals surface area (Å²) in [5.74, 6) is -0.356. The molecular formula is C14H19F3N2O2. The molecule has 0 fully saturated rings. The summed E-state index contributed by atoms with van der Waals surface area (Å²) in [6.07, 6.45) is -2.22. The second kappa shape index (κ2) is 7.87. The minimum absolute atomic E-state index is 0.0864. The van der Waals surface area contributed by atoms with Crippen LogP contribution in [-0.4, -0.2) is 19.6 Å².